The molecular formula is C22H20N2O5. The first kappa shape index (κ1) is 18.7. The van der Waals surface area contributed by atoms with Gasteiger partial charge in [-0.25, -0.2) is 9.78 Å². The Bertz CT molecular complexity index is 1210. The fourth-order valence-corrected chi connectivity index (χ4v) is 3.54. The average molecular weight is 392 g/mol. The summed E-state index contributed by atoms with van der Waals surface area (Å²) in [6.45, 7) is 2.97. The van der Waals surface area contributed by atoms with Crippen molar-refractivity contribution in [2.24, 2.45) is 0 Å². The van der Waals surface area contributed by atoms with Gasteiger partial charge in [0.15, 0.2) is 11.5 Å². The van der Waals surface area contributed by atoms with Crippen LogP contribution in [0.4, 0.5) is 0 Å². The van der Waals surface area contributed by atoms with Crippen LogP contribution in [0.1, 0.15) is 35.1 Å². The number of rotatable bonds is 5. The zero-order valence-electron chi connectivity index (χ0n) is 16.1. The summed E-state index contributed by atoms with van der Waals surface area (Å²) in [6.07, 6.45) is 2.64. The second-order valence-corrected chi connectivity index (χ2v) is 6.69. The lowest BCUT2D eigenvalue weighted by molar-refractivity contribution is 0.0697. The maximum absolute atomic E-state index is 12.8. The molecule has 0 radical (unpaired) electrons. The van der Waals surface area contributed by atoms with Crippen molar-refractivity contribution in [3.63, 3.8) is 0 Å². The number of nitrogens with zero attached hydrogens (tertiary/aromatic N) is 2. The second-order valence-electron chi connectivity index (χ2n) is 6.69. The van der Waals surface area contributed by atoms with E-state index in [1.807, 2.05) is 31.2 Å². The molecule has 0 saturated carbocycles. The quantitative estimate of drug-likeness (QED) is 0.715. The zero-order chi connectivity index (χ0) is 20.5. The Kier molecular flexibility index (Phi) is 4.80. The maximum Gasteiger partial charge on any atom is 0.335 e. The van der Waals surface area contributed by atoms with Gasteiger partial charge in [0.25, 0.3) is 5.56 Å². The molecule has 0 unspecified atom stereocenters. The summed E-state index contributed by atoms with van der Waals surface area (Å²) in [5.74, 6) is 0.824. The van der Waals surface area contributed by atoms with Gasteiger partial charge < -0.3 is 14.6 Å². The molecular weight excluding hydrogens is 372 g/mol. The summed E-state index contributed by atoms with van der Waals surface area (Å²) >= 11 is 0. The predicted octanol–water partition coefficient (Wildman–Crippen LogP) is 3.45. The predicted molar refractivity (Wildman–Crippen MR) is 110 cm³/mol. The average Bonchev–Trinajstić information content (AvgIpc) is 3.11. The Morgan fingerprint density at radius 3 is 2.79 bits per heavy atom. The van der Waals surface area contributed by atoms with Crippen LogP contribution >= 0.6 is 0 Å². The molecule has 0 aliphatic carbocycles. The molecule has 0 amide bonds. The third-order valence-corrected chi connectivity index (χ3v) is 4.92. The lowest BCUT2D eigenvalue weighted by Crippen LogP contribution is -2.21. The van der Waals surface area contributed by atoms with Crippen molar-refractivity contribution in [3.8, 4) is 11.5 Å². The molecule has 1 aliphatic rings. The second kappa shape index (κ2) is 7.43. The van der Waals surface area contributed by atoms with Crippen molar-refractivity contribution in [3.05, 3.63) is 63.7 Å². The van der Waals surface area contributed by atoms with Crippen LogP contribution in [0.3, 0.4) is 0 Å². The summed E-state index contributed by atoms with van der Waals surface area (Å²) in [4.78, 5) is 28.7. The number of benzene rings is 2. The number of carbonyl (C=O) groups is 1. The Labute approximate surface area is 166 Å². The van der Waals surface area contributed by atoms with E-state index < -0.39 is 5.97 Å². The summed E-state index contributed by atoms with van der Waals surface area (Å²) in [7, 11) is 1.59. The van der Waals surface area contributed by atoms with Crippen LogP contribution in [0.2, 0.25) is 0 Å². The Balaban J connectivity index is 1.82. The molecule has 0 spiro atoms. The van der Waals surface area contributed by atoms with Gasteiger partial charge in [-0.15, -0.1) is 0 Å². The van der Waals surface area contributed by atoms with Gasteiger partial charge in [-0.05, 0) is 60.9 Å². The molecule has 0 atom stereocenters. The number of aromatic carboxylic acids is 1. The summed E-state index contributed by atoms with van der Waals surface area (Å²) in [5.41, 5.74) is 2.16. The van der Waals surface area contributed by atoms with Gasteiger partial charge in [-0.3, -0.25) is 9.36 Å². The van der Waals surface area contributed by atoms with E-state index in [1.54, 1.807) is 11.7 Å². The Morgan fingerprint density at radius 1 is 1.24 bits per heavy atom. The van der Waals surface area contributed by atoms with Crippen LogP contribution in [-0.2, 0) is 6.54 Å². The molecule has 1 N–H and O–H groups in total. The first-order valence-electron chi connectivity index (χ1n) is 9.31. The van der Waals surface area contributed by atoms with E-state index in [0.29, 0.717) is 47.8 Å². The van der Waals surface area contributed by atoms with Gasteiger partial charge in [0, 0.05) is 6.54 Å². The highest BCUT2D eigenvalue weighted by Gasteiger charge is 2.21. The number of fused-ring (bicyclic) bond motifs is 2. The number of aromatic nitrogens is 2. The molecule has 2 aromatic carbocycles. The zero-order valence-corrected chi connectivity index (χ0v) is 16.1. The minimum absolute atomic E-state index is 0.106. The van der Waals surface area contributed by atoms with Gasteiger partial charge in [0.1, 0.15) is 5.82 Å². The largest absolute Gasteiger partial charge is 0.493 e. The molecule has 7 heteroatoms. The lowest BCUT2D eigenvalue weighted by Gasteiger charge is -2.10. The summed E-state index contributed by atoms with van der Waals surface area (Å²) < 4.78 is 12.6. The van der Waals surface area contributed by atoms with Crippen molar-refractivity contribution in [1.82, 2.24) is 9.55 Å². The van der Waals surface area contributed by atoms with Crippen molar-refractivity contribution in [1.29, 1.82) is 0 Å². The number of hydrogen-bond acceptors (Lipinski definition) is 5. The molecule has 3 aromatic rings. The van der Waals surface area contributed by atoms with E-state index in [4.69, 9.17) is 9.47 Å². The highest BCUT2D eigenvalue weighted by molar-refractivity contribution is 5.93. The smallest absolute Gasteiger partial charge is 0.335 e. The van der Waals surface area contributed by atoms with E-state index in [-0.39, 0.29) is 11.1 Å². The molecule has 1 aliphatic heterocycles. The van der Waals surface area contributed by atoms with Crippen LogP contribution in [-0.4, -0.2) is 34.3 Å². The maximum atomic E-state index is 12.8. The topological polar surface area (TPSA) is 90.7 Å². The number of ether oxygens (including phenoxy) is 2. The minimum Gasteiger partial charge on any atom is -0.493 e. The first-order valence-corrected chi connectivity index (χ1v) is 9.31. The molecule has 2 heterocycles. The third-order valence-electron chi connectivity index (χ3n) is 4.92. The fraction of sp³-hybridized carbons (Fsp3) is 0.227. The molecule has 4 rings (SSSR count). The molecule has 148 valence electrons. The van der Waals surface area contributed by atoms with Gasteiger partial charge in [0.05, 0.1) is 30.2 Å². The Hall–Kier alpha value is -3.61. The van der Waals surface area contributed by atoms with Crippen molar-refractivity contribution < 1.29 is 19.4 Å². The number of carboxylic acids is 1. The van der Waals surface area contributed by atoms with E-state index in [9.17, 15) is 14.7 Å². The normalized spacial score (nSPS) is 14.2. The monoisotopic (exact) mass is 392 g/mol. The van der Waals surface area contributed by atoms with E-state index in [1.165, 1.54) is 18.2 Å². The molecule has 1 aromatic heterocycles. The van der Waals surface area contributed by atoms with Crippen LogP contribution in [0.25, 0.3) is 22.6 Å². The highest BCUT2D eigenvalue weighted by Crippen LogP contribution is 2.32. The molecule has 0 fully saturated rings. The van der Waals surface area contributed by atoms with Crippen molar-refractivity contribution in [2.75, 3.05) is 13.7 Å². The fourth-order valence-electron chi connectivity index (χ4n) is 3.54. The van der Waals surface area contributed by atoms with Crippen LogP contribution < -0.4 is 15.0 Å². The van der Waals surface area contributed by atoms with Crippen LogP contribution in [0, 0.1) is 0 Å². The van der Waals surface area contributed by atoms with Gasteiger partial charge in [-0.1, -0.05) is 6.07 Å². The first-order chi connectivity index (χ1) is 14.0. The van der Waals surface area contributed by atoms with Gasteiger partial charge >= 0.3 is 5.97 Å². The highest BCUT2D eigenvalue weighted by atomic mass is 16.5. The number of hydrogen-bond donors (Lipinski definition) is 1. The standard InChI is InChI=1S/C22H20N2O5/c1-3-29-19-11-13(4-7-18(19)28-2)10-14-8-9-24-20(14)23-17-12-15(22(26)27)5-6-16(17)21(24)25/h4-7,10-12H,3,8-9H2,1-2H3,(H,26,27). The van der Waals surface area contributed by atoms with E-state index >= 15 is 0 Å². The van der Waals surface area contributed by atoms with E-state index in [2.05, 4.69) is 4.98 Å². The number of methoxy groups -OCH3 is 1. The molecule has 0 saturated heterocycles. The summed E-state index contributed by atoms with van der Waals surface area (Å²) in [5, 5.41) is 9.64. The minimum atomic E-state index is -1.05. The SMILES string of the molecule is CCOc1cc(C=C2CCn3c2nc2cc(C(=O)O)ccc2c3=O)ccc1OC. The number of allylic oxidation sites excluding steroid dienone is 1. The van der Waals surface area contributed by atoms with Crippen molar-refractivity contribution >= 4 is 28.5 Å². The van der Waals surface area contributed by atoms with Crippen LogP contribution in [0.5, 0.6) is 11.5 Å². The summed E-state index contributed by atoms with van der Waals surface area (Å²) in [6, 6.07) is 10.0. The van der Waals surface area contributed by atoms with Crippen LogP contribution in [0.15, 0.2) is 41.2 Å². The Morgan fingerprint density at radius 2 is 2.07 bits per heavy atom. The molecule has 0 bridgehead atoms. The van der Waals surface area contributed by atoms with E-state index in [0.717, 1.165) is 11.1 Å². The third kappa shape index (κ3) is 3.35. The molecule has 7 nitrogen and oxygen atoms in total. The number of carboxylic acid groups (broad SMARTS) is 1. The molecule has 29 heavy (non-hydrogen) atoms. The van der Waals surface area contributed by atoms with Gasteiger partial charge in [0.2, 0.25) is 0 Å². The van der Waals surface area contributed by atoms with Crippen molar-refractivity contribution in [2.45, 2.75) is 19.9 Å². The lowest BCUT2D eigenvalue weighted by atomic mass is 10.1. The van der Waals surface area contributed by atoms with Gasteiger partial charge in [-0.2, -0.15) is 0 Å².